The monoisotopic (exact) mass is 325 g/mol. The summed E-state index contributed by atoms with van der Waals surface area (Å²) >= 11 is 13.9. The summed E-state index contributed by atoms with van der Waals surface area (Å²) in [5.74, 6) is 0.875. The molecule has 2 heterocycles. The SMILES string of the molecule is CC(Cl)c1nc2cc(Cl)ccc2n1CCc1nccs1. The molecule has 0 saturated carbocycles. The number of hydrogen-bond acceptors (Lipinski definition) is 3. The molecular weight excluding hydrogens is 313 g/mol. The van der Waals surface area contributed by atoms with Crippen LogP contribution in [0.1, 0.15) is 23.1 Å². The topological polar surface area (TPSA) is 30.7 Å². The van der Waals surface area contributed by atoms with Crippen molar-refractivity contribution in [3.8, 4) is 0 Å². The molecule has 1 atom stereocenters. The van der Waals surface area contributed by atoms with E-state index in [1.807, 2.05) is 36.7 Å². The molecule has 0 aliphatic carbocycles. The van der Waals surface area contributed by atoms with Crippen LogP contribution in [0.15, 0.2) is 29.8 Å². The third-order valence-corrected chi connectivity index (χ3v) is 4.40. The smallest absolute Gasteiger partial charge is 0.127 e. The Morgan fingerprint density at radius 2 is 2.25 bits per heavy atom. The average Bonchev–Trinajstić information content (AvgIpc) is 3.02. The molecule has 3 rings (SSSR count). The van der Waals surface area contributed by atoms with E-state index in [0.29, 0.717) is 5.02 Å². The van der Waals surface area contributed by atoms with Crippen LogP contribution in [0.5, 0.6) is 0 Å². The van der Waals surface area contributed by atoms with Crippen molar-refractivity contribution in [1.82, 2.24) is 14.5 Å². The number of benzene rings is 1. The molecule has 0 fully saturated rings. The molecule has 0 aliphatic rings. The fourth-order valence-corrected chi connectivity index (χ4v) is 3.19. The van der Waals surface area contributed by atoms with E-state index in [1.165, 1.54) is 0 Å². The van der Waals surface area contributed by atoms with Crippen molar-refractivity contribution in [2.75, 3.05) is 0 Å². The Morgan fingerprint density at radius 3 is 2.95 bits per heavy atom. The predicted octanol–water partition coefficient (Wildman–Crippen LogP) is 4.69. The number of aryl methyl sites for hydroxylation is 2. The van der Waals surface area contributed by atoms with Gasteiger partial charge in [-0.1, -0.05) is 11.6 Å². The lowest BCUT2D eigenvalue weighted by atomic mass is 10.3. The van der Waals surface area contributed by atoms with E-state index in [4.69, 9.17) is 23.2 Å². The number of hydrogen-bond donors (Lipinski definition) is 0. The van der Waals surface area contributed by atoms with Gasteiger partial charge in [0, 0.05) is 29.6 Å². The summed E-state index contributed by atoms with van der Waals surface area (Å²) < 4.78 is 2.16. The van der Waals surface area contributed by atoms with E-state index >= 15 is 0 Å². The van der Waals surface area contributed by atoms with E-state index in [0.717, 1.165) is 34.8 Å². The highest BCUT2D eigenvalue weighted by Gasteiger charge is 2.15. The molecule has 3 nitrogen and oxygen atoms in total. The number of aromatic nitrogens is 3. The molecule has 6 heteroatoms. The van der Waals surface area contributed by atoms with Gasteiger partial charge in [-0.25, -0.2) is 9.97 Å². The molecule has 3 aromatic rings. The van der Waals surface area contributed by atoms with Crippen LogP contribution in [0.25, 0.3) is 11.0 Å². The molecule has 0 bridgehead atoms. The summed E-state index contributed by atoms with van der Waals surface area (Å²) in [5.41, 5.74) is 1.95. The molecule has 104 valence electrons. The summed E-state index contributed by atoms with van der Waals surface area (Å²) in [6.45, 7) is 2.75. The second kappa shape index (κ2) is 5.72. The Morgan fingerprint density at radius 1 is 1.40 bits per heavy atom. The largest absolute Gasteiger partial charge is 0.326 e. The zero-order valence-electron chi connectivity index (χ0n) is 10.9. The highest BCUT2D eigenvalue weighted by molar-refractivity contribution is 7.09. The van der Waals surface area contributed by atoms with E-state index in [-0.39, 0.29) is 5.38 Å². The molecule has 0 aliphatic heterocycles. The summed E-state index contributed by atoms with van der Waals surface area (Å²) in [7, 11) is 0. The molecule has 0 N–H and O–H groups in total. The summed E-state index contributed by atoms with van der Waals surface area (Å²) in [6, 6.07) is 5.75. The zero-order valence-corrected chi connectivity index (χ0v) is 13.2. The standard InChI is InChI=1S/C14H13Cl2N3S/c1-9(15)14-18-11-8-10(16)2-3-12(11)19(14)6-4-13-17-5-7-20-13/h2-3,5,7-9H,4,6H2,1H3. The highest BCUT2D eigenvalue weighted by Crippen LogP contribution is 2.27. The Balaban J connectivity index is 2.00. The third kappa shape index (κ3) is 2.68. The number of fused-ring (bicyclic) bond motifs is 1. The quantitative estimate of drug-likeness (QED) is 0.651. The van der Waals surface area contributed by atoms with Gasteiger partial charge in [0.2, 0.25) is 0 Å². The van der Waals surface area contributed by atoms with E-state index < -0.39 is 0 Å². The summed E-state index contributed by atoms with van der Waals surface area (Å²) in [5, 5.41) is 3.66. The van der Waals surface area contributed by atoms with Gasteiger partial charge in [-0.05, 0) is 25.1 Å². The molecule has 0 saturated heterocycles. The molecule has 20 heavy (non-hydrogen) atoms. The fraction of sp³-hybridized carbons (Fsp3) is 0.286. The number of halogens is 2. The van der Waals surface area contributed by atoms with Gasteiger partial charge in [-0.15, -0.1) is 22.9 Å². The maximum Gasteiger partial charge on any atom is 0.127 e. The molecular formula is C14H13Cl2N3S. The minimum atomic E-state index is -0.141. The van der Waals surface area contributed by atoms with Gasteiger partial charge in [0.05, 0.1) is 21.4 Å². The van der Waals surface area contributed by atoms with Crippen LogP contribution in [0, 0.1) is 0 Å². The maximum absolute atomic E-state index is 6.25. The Hall–Kier alpha value is -1.10. The van der Waals surface area contributed by atoms with Crippen molar-refractivity contribution in [1.29, 1.82) is 0 Å². The van der Waals surface area contributed by atoms with Crippen molar-refractivity contribution < 1.29 is 0 Å². The van der Waals surface area contributed by atoms with Crippen molar-refractivity contribution in [3.63, 3.8) is 0 Å². The van der Waals surface area contributed by atoms with Crippen LogP contribution >= 0.6 is 34.5 Å². The second-order valence-electron chi connectivity index (χ2n) is 4.55. The minimum absolute atomic E-state index is 0.141. The lowest BCUT2D eigenvalue weighted by Gasteiger charge is -2.09. The van der Waals surface area contributed by atoms with Crippen LogP contribution in [0.3, 0.4) is 0 Å². The molecule has 1 unspecified atom stereocenters. The van der Waals surface area contributed by atoms with Gasteiger partial charge in [0.1, 0.15) is 5.82 Å². The van der Waals surface area contributed by atoms with Crippen molar-refractivity contribution in [2.24, 2.45) is 0 Å². The number of nitrogens with zero attached hydrogens (tertiary/aromatic N) is 3. The third-order valence-electron chi connectivity index (χ3n) is 3.13. The van der Waals surface area contributed by atoms with Crippen LogP contribution in [-0.2, 0) is 13.0 Å². The van der Waals surface area contributed by atoms with E-state index in [9.17, 15) is 0 Å². The average molecular weight is 326 g/mol. The van der Waals surface area contributed by atoms with Gasteiger partial charge in [-0.2, -0.15) is 0 Å². The van der Waals surface area contributed by atoms with Crippen LogP contribution in [0.2, 0.25) is 5.02 Å². The first kappa shape index (κ1) is 13.9. The summed E-state index contributed by atoms with van der Waals surface area (Å²) in [6.07, 6.45) is 2.71. The minimum Gasteiger partial charge on any atom is -0.326 e. The van der Waals surface area contributed by atoms with Crippen LogP contribution in [0.4, 0.5) is 0 Å². The normalized spacial score (nSPS) is 12.9. The Kier molecular flexibility index (Phi) is 3.96. The van der Waals surface area contributed by atoms with Gasteiger partial charge in [0.25, 0.3) is 0 Å². The van der Waals surface area contributed by atoms with Crippen LogP contribution in [-0.4, -0.2) is 14.5 Å². The van der Waals surface area contributed by atoms with Gasteiger partial charge < -0.3 is 4.57 Å². The molecule has 0 radical (unpaired) electrons. The number of rotatable bonds is 4. The van der Waals surface area contributed by atoms with Crippen LogP contribution < -0.4 is 0 Å². The van der Waals surface area contributed by atoms with Gasteiger partial charge >= 0.3 is 0 Å². The first-order valence-corrected chi connectivity index (χ1v) is 8.02. The Labute approximate surface area is 131 Å². The lowest BCUT2D eigenvalue weighted by Crippen LogP contribution is -2.06. The van der Waals surface area contributed by atoms with Gasteiger partial charge in [0.15, 0.2) is 0 Å². The first-order valence-electron chi connectivity index (χ1n) is 6.33. The van der Waals surface area contributed by atoms with E-state index in [1.54, 1.807) is 11.3 Å². The second-order valence-corrected chi connectivity index (χ2v) is 6.62. The molecule has 1 aromatic carbocycles. The number of alkyl halides is 1. The number of thiazole rings is 1. The van der Waals surface area contributed by atoms with Crippen molar-refractivity contribution >= 4 is 45.6 Å². The fourth-order valence-electron chi connectivity index (χ4n) is 2.24. The Bertz CT molecular complexity index is 719. The van der Waals surface area contributed by atoms with Crippen molar-refractivity contribution in [2.45, 2.75) is 25.3 Å². The van der Waals surface area contributed by atoms with Gasteiger partial charge in [-0.3, -0.25) is 0 Å². The molecule has 2 aromatic heterocycles. The lowest BCUT2D eigenvalue weighted by molar-refractivity contribution is 0.666. The number of imidazole rings is 1. The highest BCUT2D eigenvalue weighted by atomic mass is 35.5. The predicted molar refractivity (Wildman–Crippen MR) is 84.8 cm³/mol. The maximum atomic E-state index is 6.25. The summed E-state index contributed by atoms with van der Waals surface area (Å²) in [4.78, 5) is 8.92. The zero-order chi connectivity index (χ0) is 14.1. The van der Waals surface area contributed by atoms with Crippen molar-refractivity contribution in [3.05, 3.63) is 45.6 Å². The van der Waals surface area contributed by atoms with E-state index in [2.05, 4.69) is 14.5 Å². The first-order chi connectivity index (χ1) is 9.65. The molecule has 0 spiro atoms. The molecule has 0 amide bonds.